The lowest BCUT2D eigenvalue weighted by Gasteiger charge is -2.13. The Labute approximate surface area is 153 Å². The van der Waals surface area contributed by atoms with E-state index in [4.69, 9.17) is 4.74 Å². The van der Waals surface area contributed by atoms with Gasteiger partial charge in [0.25, 0.3) is 15.9 Å². The summed E-state index contributed by atoms with van der Waals surface area (Å²) in [5, 5.41) is 2.73. The third kappa shape index (κ3) is 4.81. The maximum atomic E-state index is 12.0. The SMILES string of the molecule is CCC[C@H](C)NC(=O)COC(=O)[C@H](C)N=C1NS(=O)(=O)c2ccccc21. The summed E-state index contributed by atoms with van der Waals surface area (Å²) in [7, 11) is -3.67. The van der Waals surface area contributed by atoms with Crippen molar-refractivity contribution < 1.29 is 22.7 Å². The van der Waals surface area contributed by atoms with Crippen LogP contribution < -0.4 is 10.0 Å². The molecule has 2 N–H and O–H groups in total. The van der Waals surface area contributed by atoms with Crippen molar-refractivity contribution in [1.82, 2.24) is 10.0 Å². The Morgan fingerprint density at radius 2 is 1.96 bits per heavy atom. The number of sulfonamides is 1. The molecule has 1 amide bonds. The summed E-state index contributed by atoms with van der Waals surface area (Å²) in [6.45, 7) is 4.97. The van der Waals surface area contributed by atoms with E-state index >= 15 is 0 Å². The Morgan fingerprint density at radius 1 is 1.27 bits per heavy atom. The molecule has 1 heterocycles. The van der Waals surface area contributed by atoms with Crippen molar-refractivity contribution in [3.05, 3.63) is 29.8 Å². The number of fused-ring (bicyclic) bond motifs is 1. The lowest BCUT2D eigenvalue weighted by Crippen LogP contribution is -2.36. The predicted octanol–water partition coefficient (Wildman–Crippen LogP) is 0.962. The molecule has 0 radical (unpaired) electrons. The van der Waals surface area contributed by atoms with E-state index in [1.54, 1.807) is 18.2 Å². The van der Waals surface area contributed by atoms with Crippen molar-refractivity contribution in [2.45, 2.75) is 50.6 Å². The fourth-order valence-electron chi connectivity index (χ4n) is 2.56. The van der Waals surface area contributed by atoms with Gasteiger partial charge in [0.2, 0.25) is 0 Å². The monoisotopic (exact) mass is 381 g/mol. The van der Waals surface area contributed by atoms with Crippen molar-refractivity contribution >= 4 is 27.7 Å². The highest BCUT2D eigenvalue weighted by Gasteiger charge is 2.31. The minimum Gasteiger partial charge on any atom is -0.454 e. The fraction of sp³-hybridized carbons (Fsp3) is 0.471. The molecule has 9 heteroatoms. The number of rotatable bonds is 7. The summed E-state index contributed by atoms with van der Waals surface area (Å²) >= 11 is 0. The number of nitrogens with one attached hydrogen (secondary N) is 2. The topological polar surface area (TPSA) is 114 Å². The number of benzene rings is 1. The van der Waals surface area contributed by atoms with Gasteiger partial charge in [-0.15, -0.1) is 0 Å². The Balaban J connectivity index is 1.97. The molecule has 142 valence electrons. The second kappa shape index (κ2) is 8.31. The smallest absolute Gasteiger partial charge is 0.331 e. The molecule has 2 rings (SSSR count). The molecule has 26 heavy (non-hydrogen) atoms. The van der Waals surface area contributed by atoms with Gasteiger partial charge in [-0.05, 0) is 32.4 Å². The average molecular weight is 381 g/mol. The molecular weight excluding hydrogens is 358 g/mol. The molecule has 1 aromatic carbocycles. The third-order valence-corrected chi connectivity index (χ3v) is 5.20. The van der Waals surface area contributed by atoms with Crippen molar-refractivity contribution in [3.63, 3.8) is 0 Å². The van der Waals surface area contributed by atoms with E-state index in [1.807, 2.05) is 13.8 Å². The molecule has 1 aromatic rings. The van der Waals surface area contributed by atoms with E-state index in [-0.39, 0.29) is 22.7 Å². The van der Waals surface area contributed by atoms with Crippen LogP contribution in [0, 0.1) is 0 Å². The van der Waals surface area contributed by atoms with Crippen LogP contribution in [-0.2, 0) is 24.3 Å². The molecule has 0 unspecified atom stereocenters. The molecule has 1 aliphatic rings. The molecule has 2 atom stereocenters. The molecule has 1 aliphatic heterocycles. The van der Waals surface area contributed by atoms with Crippen LogP contribution in [0.15, 0.2) is 34.2 Å². The predicted molar refractivity (Wildman–Crippen MR) is 96.2 cm³/mol. The first-order chi connectivity index (χ1) is 12.2. The molecule has 0 fully saturated rings. The first-order valence-corrected chi connectivity index (χ1v) is 9.89. The maximum absolute atomic E-state index is 12.0. The minimum absolute atomic E-state index is 0.00765. The number of ether oxygens (including phenoxy) is 1. The van der Waals surface area contributed by atoms with Crippen LogP contribution in [0.25, 0.3) is 0 Å². The van der Waals surface area contributed by atoms with Gasteiger partial charge in [-0.3, -0.25) is 14.5 Å². The van der Waals surface area contributed by atoms with Crippen molar-refractivity contribution in [2.24, 2.45) is 4.99 Å². The molecule has 0 bridgehead atoms. The number of carbonyl (C=O) groups is 2. The van der Waals surface area contributed by atoms with E-state index in [0.717, 1.165) is 12.8 Å². The van der Waals surface area contributed by atoms with Crippen LogP contribution in [0.4, 0.5) is 0 Å². The Hall–Kier alpha value is -2.42. The minimum atomic E-state index is -3.67. The number of esters is 1. The van der Waals surface area contributed by atoms with Crippen LogP contribution in [0.2, 0.25) is 0 Å². The summed E-state index contributed by atoms with van der Waals surface area (Å²) in [4.78, 5) is 28.0. The first-order valence-electron chi connectivity index (χ1n) is 8.40. The van der Waals surface area contributed by atoms with Gasteiger partial charge in [0.1, 0.15) is 11.9 Å². The standard InChI is InChI=1S/C17H23N3O5S/c1-4-7-11(2)18-15(21)10-25-17(22)12(3)19-16-13-8-5-6-9-14(13)26(23,24)20-16/h5-6,8-9,11-12H,4,7,10H2,1-3H3,(H,18,21)(H,19,20)/t11-,12-/m0/s1. The van der Waals surface area contributed by atoms with E-state index in [1.165, 1.54) is 13.0 Å². The highest BCUT2D eigenvalue weighted by molar-refractivity contribution is 7.90. The molecule has 0 saturated heterocycles. The summed E-state index contributed by atoms with van der Waals surface area (Å²) in [5.74, 6) is -1.00. The molecular formula is C17H23N3O5S. The summed E-state index contributed by atoms with van der Waals surface area (Å²) in [5.41, 5.74) is 0.401. The lowest BCUT2D eigenvalue weighted by atomic mass is 10.2. The zero-order chi connectivity index (χ0) is 19.3. The summed E-state index contributed by atoms with van der Waals surface area (Å²) in [6, 6.07) is 5.41. The number of nitrogens with zero attached hydrogens (tertiary/aromatic N) is 1. The zero-order valence-electron chi connectivity index (χ0n) is 15.0. The summed E-state index contributed by atoms with van der Waals surface area (Å²) in [6.07, 6.45) is 1.77. The number of hydrogen-bond donors (Lipinski definition) is 2. The number of amidine groups is 1. The fourth-order valence-corrected chi connectivity index (χ4v) is 3.79. The van der Waals surface area contributed by atoms with Crippen LogP contribution in [-0.4, -0.2) is 44.8 Å². The molecule has 8 nitrogen and oxygen atoms in total. The van der Waals surface area contributed by atoms with Crippen molar-refractivity contribution in [2.75, 3.05) is 6.61 Å². The molecule has 0 aliphatic carbocycles. The quantitative estimate of drug-likeness (QED) is 0.683. The molecule has 0 aromatic heterocycles. The van der Waals surface area contributed by atoms with Crippen molar-refractivity contribution in [3.8, 4) is 0 Å². The van der Waals surface area contributed by atoms with Gasteiger partial charge in [0.05, 0.1) is 4.90 Å². The van der Waals surface area contributed by atoms with E-state index in [0.29, 0.717) is 5.56 Å². The van der Waals surface area contributed by atoms with Gasteiger partial charge >= 0.3 is 5.97 Å². The van der Waals surface area contributed by atoms with Gasteiger partial charge in [0, 0.05) is 11.6 Å². The molecule has 0 spiro atoms. The second-order valence-corrected chi connectivity index (χ2v) is 7.77. The van der Waals surface area contributed by atoms with E-state index in [2.05, 4.69) is 15.0 Å². The largest absolute Gasteiger partial charge is 0.454 e. The lowest BCUT2D eigenvalue weighted by molar-refractivity contribution is -0.149. The highest BCUT2D eigenvalue weighted by atomic mass is 32.2. The van der Waals surface area contributed by atoms with Gasteiger partial charge in [-0.25, -0.2) is 13.2 Å². The van der Waals surface area contributed by atoms with Crippen LogP contribution in [0.1, 0.15) is 39.2 Å². The average Bonchev–Trinajstić information content (AvgIpc) is 2.83. The van der Waals surface area contributed by atoms with Crippen LogP contribution in [0.5, 0.6) is 0 Å². The van der Waals surface area contributed by atoms with Gasteiger partial charge in [-0.1, -0.05) is 25.5 Å². The highest BCUT2D eigenvalue weighted by Crippen LogP contribution is 2.22. The van der Waals surface area contributed by atoms with E-state index in [9.17, 15) is 18.0 Å². The zero-order valence-corrected chi connectivity index (χ0v) is 15.8. The van der Waals surface area contributed by atoms with Crippen LogP contribution in [0.3, 0.4) is 0 Å². The van der Waals surface area contributed by atoms with Gasteiger partial charge < -0.3 is 10.1 Å². The summed E-state index contributed by atoms with van der Waals surface area (Å²) < 4.78 is 31.3. The molecule has 0 saturated carbocycles. The third-order valence-electron chi connectivity index (χ3n) is 3.80. The maximum Gasteiger partial charge on any atom is 0.331 e. The van der Waals surface area contributed by atoms with Gasteiger partial charge in [-0.2, -0.15) is 0 Å². The first kappa shape index (κ1) is 19.9. The number of hydrogen-bond acceptors (Lipinski definition) is 6. The Kier molecular flexibility index (Phi) is 6.36. The number of amides is 1. The van der Waals surface area contributed by atoms with E-state index < -0.39 is 28.6 Å². The normalized spacial score (nSPS) is 18.5. The van der Waals surface area contributed by atoms with Gasteiger partial charge in [0.15, 0.2) is 6.61 Å². The van der Waals surface area contributed by atoms with Crippen molar-refractivity contribution in [1.29, 1.82) is 0 Å². The number of carbonyl (C=O) groups excluding carboxylic acids is 2. The Morgan fingerprint density at radius 3 is 2.65 bits per heavy atom. The number of aliphatic imine (C=N–C) groups is 1. The Bertz CT molecular complexity index is 819. The van der Waals surface area contributed by atoms with Crippen LogP contribution >= 0.6 is 0 Å². The second-order valence-electron chi connectivity index (χ2n) is 6.12.